The zero-order valence-corrected chi connectivity index (χ0v) is 18.1. The molecule has 0 aromatic carbocycles. The molecule has 1 aliphatic carbocycles. The summed E-state index contributed by atoms with van der Waals surface area (Å²) in [5.41, 5.74) is -0.811. The van der Waals surface area contributed by atoms with E-state index in [2.05, 4.69) is 0 Å². The smallest absolute Gasteiger partial charge is 0.327 e. The minimum absolute atomic E-state index is 0.0229. The minimum Gasteiger partial charge on any atom is -0.342 e. The van der Waals surface area contributed by atoms with Gasteiger partial charge < -0.3 is 9.80 Å². The van der Waals surface area contributed by atoms with Crippen LogP contribution in [0, 0.1) is 17.8 Å². The van der Waals surface area contributed by atoms with Gasteiger partial charge in [-0.3, -0.25) is 14.5 Å². The van der Waals surface area contributed by atoms with Crippen molar-refractivity contribution in [2.24, 2.45) is 17.8 Å². The van der Waals surface area contributed by atoms with Gasteiger partial charge in [0.25, 0.3) is 5.91 Å². The van der Waals surface area contributed by atoms with Crippen molar-refractivity contribution in [1.82, 2.24) is 14.7 Å². The highest BCUT2D eigenvalue weighted by atomic mass is 16.2. The molecular weight excluding hydrogens is 354 g/mol. The Labute approximate surface area is 169 Å². The van der Waals surface area contributed by atoms with Crippen molar-refractivity contribution in [3.05, 3.63) is 0 Å². The van der Waals surface area contributed by atoms with Crippen molar-refractivity contribution in [2.45, 2.75) is 77.7 Å². The summed E-state index contributed by atoms with van der Waals surface area (Å²) in [6.07, 6.45) is 9.17. The molecule has 4 amide bonds. The maximum absolute atomic E-state index is 13.4. The van der Waals surface area contributed by atoms with E-state index in [-0.39, 0.29) is 29.7 Å². The summed E-state index contributed by atoms with van der Waals surface area (Å²) >= 11 is 0. The largest absolute Gasteiger partial charge is 0.342 e. The molecule has 2 heterocycles. The van der Waals surface area contributed by atoms with Crippen molar-refractivity contribution < 1.29 is 14.4 Å². The Morgan fingerprint density at radius 3 is 2.21 bits per heavy atom. The van der Waals surface area contributed by atoms with Gasteiger partial charge in [0.05, 0.1) is 0 Å². The molecule has 28 heavy (non-hydrogen) atoms. The molecule has 1 saturated carbocycles. The fourth-order valence-corrected chi connectivity index (χ4v) is 5.09. The summed E-state index contributed by atoms with van der Waals surface area (Å²) in [6.45, 7) is 7.66. The molecule has 3 aliphatic rings. The Kier molecular flexibility index (Phi) is 6.35. The summed E-state index contributed by atoms with van der Waals surface area (Å²) in [7, 11) is 1.68. The Morgan fingerprint density at radius 2 is 1.68 bits per heavy atom. The first-order chi connectivity index (χ1) is 13.2. The number of urea groups is 1. The fourth-order valence-electron chi connectivity index (χ4n) is 5.09. The number of hydrogen-bond donors (Lipinski definition) is 0. The van der Waals surface area contributed by atoms with E-state index in [1.807, 2.05) is 11.8 Å². The first-order valence-electron chi connectivity index (χ1n) is 11.1. The highest BCUT2D eigenvalue weighted by Crippen LogP contribution is 2.35. The summed E-state index contributed by atoms with van der Waals surface area (Å²) in [4.78, 5) is 43.7. The van der Waals surface area contributed by atoms with E-state index in [1.165, 1.54) is 41.9 Å². The van der Waals surface area contributed by atoms with Gasteiger partial charge in [0.15, 0.2) is 0 Å². The Morgan fingerprint density at radius 1 is 1.07 bits per heavy atom. The van der Waals surface area contributed by atoms with Crippen LogP contribution < -0.4 is 0 Å². The molecule has 2 saturated heterocycles. The highest BCUT2D eigenvalue weighted by Gasteiger charge is 2.50. The van der Waals surface area contributed by atoms with Crippen LogP contribution in [-0.4, -0.2) is 64.8 Å². The first kappa shape index (κ1) is 21.1. The van der Waals surface area contributed by atoms with E-state index in [4.69, 9.17) is 0 Å². The van der Waals surface area contributed by atoms with Gasteiger partial charge in [0, 0.05) is 32.6 Å². The lowest BCUT2D eigenvalue weighted by Crippen LogP contribution is -2.45. The van der Waals surface area contributed by atoms with E-state index >= 15 is 0 Å². The molecule has 0 radical (unpaired) electrons. The van der Waals surface area contributed by atoms with Crippen LogP contribution in [0.3, 0.4) is 0 Å². The maximum Gasteiger partial charge on any atom is 0.327 e. The van der Waals surface area contributed by atoms with E-state index in [9.17, 15) is 14.4 Å². The average Bonchev–Trinajstić information content (AvgIpc) is 3.25. The normalized spacial score (nSPS) is 25.5. The second kappa shape index (κ2) is 8.42. The number of amides is 4. The Bertz CT molecular complexity index is 606. The highest BCUT2D eigenvalue weighted by molar-refractivity contribution is 6.06. The summed E-state index contributed by atoms with van der Waals surface area (Å²) in [6, 6.07) is -0.244. The topological polar surface area (TPSA) is 60.9 Å². The number of piperidine rings is 1. The number of carbonyl (C=O) groups excluding carboxylic acids is 3. The number of carbonyl (C=O) groups is 3. The van der Waals surface area contributed by atoms with Gasteiger partial charge in [-0.25, -0.2) is 4.79 Å². The van der Waals surface area contributed by atoms with Crippen LogP contribution in [-0.2, 0) is 9.59 Å². The molecule has 3 rings (SSSR count). The van der Waals surface area contributed by atoms with E-state index in [1.54, 1.807) is 20.9 Å². The van der Waals surface area contributed by atoms with Crippen LogP contribution in [0.5, 0.6) is 0 Å². The molecule has 2 aliphatic heterocycles. The quantitative estimate of drug-likeness (QED) is 0.651. The average molecular weight is 392 g/mol. The molecule has 6 nitrogen and oxygen atoms in total. The van der Waals surface area contributed by atoms with Gasteiger partial charge in [0.1, 0.15) is 5.54 Å². The number of likely N-dealkylation sites (tertiary alicyclic amines) is 1. The van der Waals surface area contributed by atoms with Gasteiger partial charge in [0.2, 0.25) is 5.91 Å². The third-order valence-electron chi connectivity index (χ3n) is 7.33. The molecule has 0 spiro atoms. The van der Waals surface area contributed by atoms with Crippen molar-refractivity contribution in [3.63, 3.8) is 0 Å². The monoisotopic (exact) mass is 391 g/mol. The van der Waals surface area contributed by atoms with E-state index < -0.39 is 5.54 Å². The molecule has 0 bridgehead atoms. The third kappa shape index (κ3) is 4.06. The summed E-state index contributed by atoms with van der Waals surface area (Å²) in [5.74, 6) is 0.564. The van der Waals surface area contributed by atoms with Gasteiger partial charge in [-0.15, -0.1) is 0 Å². The predicted molar refractivity (Wildman–Crippen MR) is 109 cm³/mol. The standard InChI is InChI=1S/C22H37N3O3/c1-16(15-25-20(27)22(2,3)23(4)21(25)28)18(14-17-10-6-7-11-17)19(26)24-12-8-5-9-13-24/h16-18H,5-15H2,1-4H3/t16-,18+/m0/s1. The maximum atomic E-state index is 13.4. The number of rotatable bonds is 6. The van der Waals surface area contributed by atoms with Crippen molar-refractivity contribution in [2.75, 3.05) is 26.7 Å². The molecule has 0 aromatic rings. The lowest BCUT2D eigenvalue weighted by atomic mass is 9.82. The molecule has 3 fully saturated rings. The number of nitrogens with zero attached hydrogens (tertiary/aromatic N) is 3. The molecule has 158 valence electrons. The fraction of sp³-hybridized carbons (Fsp3) is 0.864. The van der Waals surface area contributed by atoms with Crippen molar-refractivity contribution in [3.8, 4) is 0 Å². The molecule has 0 N–H and O–H groups in total. The molecular formula is C22H37N3O3. The number of likely N-dealkylation sites (N-methyl/N-ethyl adjacent to an activating group) is 1. The van der Waals surface area contributed by atoms with Crippen LogP contribution in [0.4, 0.5) is 4.79 Å². The molecule has 0 aromatic heterocycles. The van der Waals surface area contributed by atoms with E-state index in [0.717, 1.165) is 32.4 Å². The van der Waals surface area contributed by atoms with Crippen LogP contribution in [0.2, 0.25) is 0 Å². The number of imide groups is 1. The molecule has 2 atom stereocenters. The number of hydrogen-bond acceptors (Lipinski definition) is 3. The third-order valence-corrected chi connectivity index (χ3v) is 7.33. The zero-order chi connectivity index (χ0) is 20.5. The Balaban J connectivity index is 1.74. The van der Waals surface area contributed by atoms with Gasteiger partial charge in [-0.2, -0.15) is 0 Å². The molecule has 6 heteroatoms. The lowest BCUT2D eigenvalue weighted by molar-refractivity contribution is -0.140. The zero-order valence-electron chi connectivity index (χ0n) is 18.1. The molecule has 0 unspecified atom stereocenters. The van der Waals surface area contributed by atoms with Gasteiger partial charge >= 0.3 is 6.03 Å². The van der Waals surface area contributed by atoms with Crippen LogP contribution >= 0.6 is 0 Å². The first-order valence-corrected chi connectivity index (χ1v) is 11.1. The van der Waals surface area contributed by atoms with Crippen molar-refractivity contribution >= 4 is 17.8 Å². The van der Waals surface area contributed by atoms with Crippen molar-refractivity contribution in [1.29, 1.82) is 0 Å². The second-order valence-corrected chi connectivity index (χ2v) is 9.67. The lowest BCUT2D eigenvalue weighted by Gasteiger charge is -2.35. The SMILES string of the molecule is C[C@@H](CN1C(=O)N(C)C(C)(C)C1=O)[C@@H](CC1CCCC1)C(=O)N1CCCCC1. The Hall–Kier alpha value is -1.59. The van der Waals surface area contributed by atoms with Crippen LogP contribution in [0.25, 0.3) is 0 Å². The summed E-state index contributed by atoms with van der Waals surface area (Å²) in [5, 5.41) is 0. The van der Waals surface area contributed by atoms with Crippen LogP contribution in [0.1, 0.15) is 72.1 Å². The van der Waals surface area contributed by atoms with E-state index in [0.29, 0.717) is 12.5 Å². The van der Waals surface area contributed by atoms with Gasteiger partial charge in [-0.05, 0) is 51.4 Å². The predicted octanol–water partition coefficient (Wildman–Crippen LogP) is 3.50. The summed E-state index contributed by atoms with van der Waals surface area (Å²) < 4.78 is 0. The van der Waals surface area contributed by atoms with Crippen LogP contribution in [0.15, 0.2) is 0 Å². The second-order valence-electron chi connectivity index (χ2n) is 9.67. The minimum atomic E-state index is -0.811. The van der Waals surface area contributed by atoms with Gasteiger partial charge in [-0.1, -0.05) is 32.6 Å².